The molecule has 2 aromatic carbocycles. The number of hydrogen-bond donors (Lipinski definition) is 1. The normalized spacial score (nSPS) is 14.6. The van der Waals surface area contributed by atoms with Crippen molar-refractivity contribution in [3.05, 3.63) is 84.1 Å². The van der Waals surface area contributed by atoms with Crippen molar-refractivity contribution in [2.24, 2.45) is 0 Å². The molecule has 31 heavy (non-hydrogen) atoms. The molecule has 1 atom stereocenters. The molecule has 0 saturated carbocycles. The third-order valence-electron chi connectivity index (χ3n) is 5.63. The van der Waals surface area contributed by atoms with E-state index in [1.54, 1.807) is 18.3 Å². The van der Waals surface area contributed by atoms with Crippen molar-refractivity contribution in [2.45, 2.75) is 13.0 Å². The highest BCUT2D eigenvalue weighted by Gasteiger charge is 2.24. The number of pyridine rings is 1. The fraction of sp³-hybridized carbons (Fsp3) is 0.240. The Hall–Kier alpha value is -3.85. The fourth-order valence-electron chi connectivity index (χ4n) is 3.81. The molecule has 3 aromatic rings. The molecular weight excluding hydrogens is 386 g/mol. The molecule has 4 rings (SSSR count). The van der Waals surface area contributed by atoms with Crippen molar-refractivity contribution in [1.82, 2.24) is 15.2 Å². The van der Waals surface area contributed by atoms with Gasteiger partial charge < -0.3 is 15.1 Å². The Morgan fingerprint density at radius 2 is 1.65 bits per heavy atom. The summed E-state index contributed by atoms with van der Waals surface area (Å²) in [6.45, 7) is 4.48. The van der Waals surface area contributed by atoms with E-state index >= 15 is 0 Å². The molecule has 0 spiro atoms. The molecule has 1 saturated heterocycles. The van der Waals surface area contributed by atoms with Crippen molar-refractivity contribution in [1.29, 1.82) is 5.26 Å². The minimum absolute atomic E-state index is 0.0687. The summed E-state index contributed by atoms with van der Waals surface area (Å²) in [7, 11) is 0. The zero-order chi connectivity index (χ0) is 21.6. The van der Waals surface area contributed by atoms with Crippen molar-refractivity contribution < 1.29 is 4.79 Å². The lowest BCUT2D eigenvalue weighted by Gasteiger charge is -2.36. The maximum atomic E-state index is 12.8. The van der Waals surface area contributed by atoms with Crippen molar-refractivity contribution in [2.75, 3.05) is 31.1 Å². The number of amides is 2. The SMILES string of the molecule is CC(NC(=O)N1CCN(c2ncccc2C#N)CC1)c1ccc(-c2ccccc2)cc1. The summed E-state index contributed by atoms with van der Waals surface area (Å²) < 4.78 is 0. The van der Waals surface area contributed by atoms with Gasteiger partial charge in [0, 0.05) is 32.4 Å². The van der Waals surface area contributed by atoms with Gasteiger partial charge in [0.25, 0.3) is 0 Å². The van der Waals surface area contributed by atoms with Crippen molar-refractivity contribution >= 4 is 11.8 Å². The smallest absolute Gasteiger partial charge is 0.317 e. The summed E-state index contributed by atoms with van der Waals surface area (Å²) in [5.74, 6) is 0.692. The van der Waals surface area contributed by atoms with Gasteiger partial charge in [0.05, 0.1) is 11.6 Å². The Morgan fingerprint density at radius 3 is 2.32 bits per heavy atom. The summed E-state index contributed by atoms with van der Waals surface area (Å²) in [5, 5.41) is 12.4. The first-order valence-electron chi connectivity index (χ1n) is 10.5. The summed E-state index contributed by atoms with van der Waals surface area (Å²) in [6.07, 6.45) is 1.69. The lowest BCUT2D eigenvalue weighted by Crippen LogP contribution is -2.52. The molecule has 2 amide bonds. The zero-order valence-electron chi connectivity index (χ0n) is 17.5. The van der Waals surface area contributed by atoms with Crippen LogP contribution in [-0.4, -0.2) is 42.1 Å². The highest BCUT2D eigenvalue weighted by atomic mass is 16.2. The Morgan fingerprint density at radius 1 is 0.968 bits per heavy atom. The molecule has 6 heteroatoms. The number of nitrogens with one attached hydrogen (secondary N) is 1. The van der Waals surface area contributed by atoms with E-state index in [0.29, 0.717) is 37.6 Å². The van der Waals surface area contributed by atoms with Crippen LogP contribution in [0.4, 0.5) is 10.6 Å². The first kappa shape index (κ1) is 20.4. The second kappa shape index (κ2) is 9.31. The van der Waals surface area contributed by atoms with Gasteiger partial charge in [-0.25, -0.2) is 9.78 Å². The van der Waals surface area contributed by atoms with Crippen LogP contribution in [0, 0.1) is 11.3 Å². The number of piperazine rings is 1. The third kappa shape index (κ3) is 4.67. The van der Waals surface area contributed by atoms with Crippen LogP contribution in [0.3, 0.4) is 0 Å². The van der Waals surface area contributed by atoms with Crippen LogP contribution in [0.1, 0.15) is 24.1 Å². The predicted molar refractivity (Wildman–Crippen MR) is 122 cm³/mol. The number of nitriles is 1. The van der Waals surface area contributed by atoms with Crippen LogP contribution in [0.15, 0.2) is 72.9 Å². The Balaban J connectivity index is 1.33. The van der Waals surface area contributed by atoms with Crippen LogP contribution in [0.5, 0.6) is 0 Å². The first-order chi connectivity index (χ1) is 15.2. The van der Waals surface area contributed by atoms with E-state index in [0.717, 1.165) is 11.1 Å². The average Bonchev–Trinajstić information content (AvgIpc) is 2.84. The number of aromatic nitrogens is 1. The van der Waals surface area contributed by atoms with E-state index in [1.165, 1.54) is 5.56 Å². The summed E-state index contributed by atoms with van der Waals surface area (Å²) in [5.41, 5.74) is 3.97. The van der Waals surface area contributed by atoms with Gasteiger partial charge in [-0.3, -0.25) is 0 Å². The number of anilines is 1. The summed E-state index contributed by atoms with van der Waals surface area (Å²) >= 11 is 0. The van der Waals surface area contributed by atoms with Crippen LogP contribution in [0.2, 0.25) is 0 Å². The molecule has 2 heterocycles. The van der Waals surface area contributed by atoms with Crippen LogP contribution >= 0.6 is 0 Å². The van der Waals surface area contributed by atoms with Gasteiger partial charge in [-0.05, 0) is 35.7 Å². The van der Waals surface area contributed by atoms with Gasteiger partial charge in [-0.15, -0.1) is 0 Å². The topological polar surface area (TPSA) is 72.3 Å². The second-order valence-electron chi connectivity index (χ2n) is 7.62. The number of hydrogen-bond acceptors (Lipinski definition) is 4. The number of rotatable bonds is 4. The number of benzene rings is 2. The monoisotopic (exact) mass is 411 g/mol. The second-order valence-corrected chi connectivity index (χ2v) is 7.62. The van der Waals surface area contributed by atoms with E-state index in [2.05, 4.69) is 57.7 Å². The Labute approximate surface area is 182 Å². The summed E-state index contributed by atoms with van der Waals surface area (Å²) in [4.78, 5) is 21.0. The van der Waals surface area contributed by atoms with Gasteiger partial charge in [-0.2, -0.15) is 5.26 Å². The molecule has 1 aliphatic heterocycles. The molecule has 0 radical (unpaired) electrons. The molecule has 1 fully saturated rings. The summed E-state index contributed by atoms with van der Waals surface area (Å²) in [6, 6.07) is 24.1. The van der Waals surface area contributed by atoms with Crippen LogP contribution in [-0.2, 0) is 0 Å². The minimum Gasteiger partial charge on any atom is -0.352 e. The van der Waals surface area contributed by atoms with E-state index in [-0.39, 0.29) is 12.1 Å². The molecule has 0 aliphatic carbocycles. The molecule has 6 nitrogen and oxygen atoms in total. The molecule has 1 aliphatic rings. The zero-order valence-corrected chi connectivity index (χ0v) is 17.5. The highest BCUT2D eigenvalue weighted by Crippen LogP contribution is 2.22. The number of urea groups is 1. The maximum absolute atomic E-state index is 12.8. The Bertz CT molecular complexity index is 1070. The Kier molecular flexibility index (Phi) is 6.13. The van der Waals surface area contributed by atoms with E-state index in [4.69, 9.17) is 0 Å². The lowest BCUT2D eigenvalue weighted by atomic mass is 10.0. The van der Waals surface area contributed by atoms with Crippen LogP contribution in [0.25, 0.3) is 11.1 Å². The largest absolute Gasteiger partial charge is 0.352 e. The van der Waals surface area contributed by atoms with Crippen LogP contribution < -0.4 is 10.2 Å². The van der Waals surface area contributed by atoms with Gasteiger partial charge in [0.2, 0.25) is 0 Å². The van der Waals surface area contributed by atoms with Crippen molar-refractivity contribution in [3.63, 3.8) is 0 Å². The molecular formula is C25H25N5O. The minimum atomic E-state index is -0.0867. The molecule has 156 valence electrons. The molecule has 1 unspecified atom stereocenters. The fourth-order valence-corrected chi connectivity index (χ4v) is 3.81. The first-order valence-corrected chi connectivity index (χ1v) is 10.5. The van der Waals surface area contributed by atoms with Gasteiger partial charge in [0.1, 0.15) is 11.9 Å². The van der Waals surface area contributed by atoms with E-state index < -0.39 is 0 Å². The third-order valence-corrected chi connectivity index (χ3v) is 5.63. The number of carbonyl (C=O) groups is 1. The average molecular weight is 412 g/mol. The molecule has 1 aromatic heterocycles. The van der Waals surface area contributed by atoms with E-state index in [1.807, 2.05) is 30.0 Å². The number of nitrogens with zero attached hydrogens (tertiary/aromatic N) is 4. The number of carbonyl (C=O) groups excluding carboxylic acids is 1. The molecule has 0 bridgehead atoms. The predicted octanol–water partition coefficient (Wildman–Crippen LogP) is 4.21. The highest BCUT2D eigenvalue weighted by molar-refractivity contribution is 5.75. The van der Waals surface area contributed by atoms with E-state index in [9.17, 15) is 10.1 Å². The molecule has 1 N–H and O–H groups in total. The lowest BCUT2D eigenvalue weighted by molar-refractivity contribution is 0.191. The standard InChI is InChI=1S/C25H25N5O/c1-19(20-9-11-22(12-10-20)21-6-3-2-4-7-21)28-25(31)30-16-14-29(15-17-30)24-23(18-26)8-5-13-27-24/h2-13,19H,14-17H2,1H3,(H,28,31). The van der Waals surface area contributed by atoms with Gasteiger partial charge in [-0.1, -0.05) is 54.6 Å². The maximum Gasteiger partial charge on any atom is 0.317 e. The quantitative estimate of drug-likeness (QED) is 0.698. The van der Waals surface area contributed by atoms with Gasteiger partial charge in [0.15, 0.2) is 0 Å². The van der Waals surface area contributed by atoms with Gasteiger partial charge >= 0.3 is 6.03 Å². The van der Waals surface area contributed by atoms with Crippen molar-refractivity contribution in [3.8, 4) is 17.2 Å².